The third-order valence-electron chi connectivity index (χ3n) is 4.75. The fourth-order valence-corrected chi connectivity index (χ4v) is 3.25. The van der Waals surface area contributed by atoms with E-state index in [-0.39, 0.29) is 19.8 Å². The van der Waals surface area contributed by atoms with Gasteiger partial charge in [0, 0.05) is 13.5 Å². The number of amides is 1. The number of nitrogens with two attached hydrogens (primary N) is 1. The Kier molecular flexibility index (Phi) is 9.12. The fourth-order valence-electron chi connectivity index (χ4n) is 3.25. The molecule has 2 aliphatic heterocycles. The monoisotopic (exact) mass is 426 g/mol. The van der Waals surface area contributed by atoms with Crippen molar-refractivity contribution >= 4 is 5.91 Å². The van der Waals surface area contributed by atoms with Crippen molar-refractivity contribution in [2.24, 2.45) is 5.73 Å². The first-order valence-electron chi connectivity index (χ1n) is 9.23. The maximum absolute atomic E-state index is 11.4. The molecule has 2 aliphatic rings. The highest BCUT2D eigenvalue weighted by Crippen LogP contribution is 2.28. The summed E-state index contributed by atoms with van der Waals surface area (Å²) in [6.45, 7) is 0.743. The van der Waals surface area contributed by atoms with Crippen molar-refractivity contribution in [3.63, 3.8) is 0 Å². The summed E-state index contributed by atoms with van der Waals surface area (Å²) in [5.41, 5.74) is 5.37. The first kappa shape index (κ1) is 24.3. The quantitative estimate of drug-likeness (QED) is 0.171. The smallest absolute Gasteiger partial charge is 0.217 e. The molecule has 0 bridgehead atoms. The molecular weight excluding hydrogens is 396 g/mol. The summed E-state index contributed by atoms with van der Waals surface area (Å²) in [4.78, 5) is 11.4. The standard InChI is InChI=1S/C16H30N2O11/c1-6(20)18-9-11(22)14(8(27-15(9)25)5-26-3-2-17)29-16-13(24)12(23)10(21)7(4-19)28-16/h7-16,19,21-25H,2-5,17H2,1H3,(H,18,20)/t7-,8-,9-,10+,11-,12+,13-,14-,15-,16+/m1/s1. The minimum Gasteiger partial charge on any atom is -0.394 e. The summed E-state index contributed by atoms with van der Waals surface area (Å²) in [6.07, 6.45) is -13.2. The van der Waals surface area contributed by atoms with Gasteiger partial charge in [-0.05, 0) is 0 Å². The number of rotatable bonds is 8. The largest absolute Gasteiger partial charge is 0.394 e. The Labute approximate surface area is 166 Å². The molecule has 9 N–H and O–H groups in total. The molecule has 2 heterocycles. The number of aliphatic hydroxyl groups excluding tert-OH is 6. The summed E-state index contributed by atoms with van der Waals surface area (Å²) in [5, 5.41) is 62.4. The summed E-state index contributed by atoms with van der Waals surface area (Å²) in [6, 6.07) is -1.26. The van der Waals surface area contributed by atoms with Crippen molar-refractivity contribution in [1.29, 1.82) is 0 Å². The maximum Gasteiger partial charge on any atom is 0.217 e. The lowest BCUT2D eigenvalue weighted by molar-refractivity contribution is -0.346. The number of hydrogen-bond acceptors (Lipinski definition) is 12. The number of ether oxygens (including phenoxy) is 4. The van der Waals surface area contributed by atoms with Gasteiger partial charge in [-0.1, -0.05) is 0 Å². The molecule has 0 spiro atoms. The summed E-state index contributed by atoms with van der Waals surface area (Å²) >= 11 is 0. The number of aliphatic hydroxyl groups is 6. The van der Waals surface area contributed by atoms with Gasteiger partial charge in [-0.15, -0.1) is 0 Å². The Morgan fingerprint density at radius 3 is 2.31 bits per heavy atom. The van der Waals surface area contributed by atoms with Gasteiger partial charge < -0.3 is 60.6 Å². The molecule has 0 unspecified atom stereocenters. The van der Waals surface area contributed by atoms with Crippen LogP contribution in [0.1, 0.15) is 6.92 Å². The van der Waals surface area contributed by atoms with Crippen molar-refractivity contribution in [2.75, 3.05) is 26.4 Å². The minimum atomic E-state index is -1.71. The zero-order chi connectivity index (χ0) is 21.7. The summed E-state index contributed by atoms with van der Waals surface area (Å²) in [7, 11) is 0. The number of hydrogen-bond donors (Lipinski definition) is 8. The van der Waals surface area contributed by atoms with Crippen LogP contribution >= 0.6 is 0 Å². The summed E-state index contributed by atoms with van der Waals surface area (Å²) < 4.78 is 21.6. The van der Waals surface area contributed by atoms with Gasteiger partial charge in [0.1, 0.15) is 48.8 Å². The van der Waals surface area contributed by atoms with Crippen LogP contribution in [-0.2, 0) is 23.7 Å². The van der Waals surface area contributed by atoms with Crippen molar-refractivity contribution in [2.45, 2.75) is 68.3 Å². The molecule has 0 saturated carbocycles. The van der Waals surface area contributed by atoms with Crippen LogP contribution in [0, 0.1) is 0 Å². The van der Waals surface area contributed by atoms with E-state index in [1.165, 1.54) is 6.92 Å². The normalized spacial score (nSPS) is 43.2. The van der Waals surface area contributed by atoms with E-state index in [9.17, 15) is 35.4 Å². The highest BCUT2D eigenvalue weighted by Gasteiger charge is 2.50. The molecule has 170 valence electrons. The SMILES string of the molecule is CC(=O)N[C@@H]1[C@@H](O)[C@H](O[C@@H]2O[C@H](CO)[C@H](O)[C@H](O)[C@H]2O)[C@@H](COCCN)O[C@H]1O. The molecule has 13 nitrogen and oxygen atoms in total. The topological polar surface area (TPSA) is 213 Å². The lowest BCUT2D eigenvalue weighted by Gasteiger charge is -2.46. The average molecular weight is 426 g/mol. The van der Waals surface area contributed by atoms with Crippen molar-refractivity contribution in [3.05, 3.63) is 0 Å². The first-order chi connectivity index (χ1) is 13.7. The third kappa shape index (κ3) is 5.80. The molecule has 2 saturated heterocycles. The molecule has 0 aliphatic carbocycles. The van der Waals surface area contributed by atoms with Gasteiger partial charge in [0.2, 0.25) is 5.91 Å². The van der Waals surface area contributed by atoms with Crippen LogP contribution in [0.15, 0.2) is 0 Å². The second kappa shape index (κ2) is 10.9. The second-order valence-corrected chi connectivity index (χ2v) is 6.94. The van der Waals surface area contributed by atoms with E-state index < -0.39 is 73.9 Å². The lowest BCUT2D eigenvalue weighted by Crippen LogP contribution is -2.67. The Morgan fingerprint density at radius 2 is 1.72 bits per heavy atom. The highest BCUT2D eigenvalue weighted by molar-refractivity contribution is 5.73. The van der Waals surface area contributed by atoms with E-state index >= 15 is 0 Å². The van der Waals surface area contributed by atoms with Gasteiger partial charge in [0.15, 0.2) is 12.6 Å². The van der Waals surface area contributed by atoms with Crippen LogP contribution in [-0.4, -0.2) is 124 Å². The molecule has 0 aromatic carbocycles. The van der Waals surface area contributed by atoms with Crippen molar-refractivity contribution in [3.8, 4) is 0 Å². The lowest BCUT2D eigenvalue weighted by atomic mass is 9.95. The fraction of sp³-hybridized carbons (Fsp3) is 0.938. The van der Waals surface area contributed by atoms with Gasteiger partial charge in [-0.3, -0.25) is 4.79 Å². The van der Waals surface area contributed by atoms with E-state index in [4.69, 9.17) is 24.7 Å². The minimum absolute atomic E-state index is 0.153. The van der Waals surface area contributed by atoms with Crippen LogP contribution in [0.3, 0.4) is 0 Å². The van der Waals surface area contributed by atoms with Crippen LogP contribution in [0.25, 0.3) is 0 Å². The maximum atomic E-state index is 11.4. The molecule has 0 aromatic heterocycles. The van der Waals surface area contributed by atoms with Crippen LogP contribution in [0.2, 0.25) is 0 Å². The van der Waals surface area contributed by atoms with Gasteiger partial charge in [-0.25, -0.2) is 0 Å². The second-order valence-electron chi connectivity index (χ2n) is 6.94. The molecule has 0 radical (unpaired) electrons. The van der Waals surface area contributed by atoms with E-state index in [1.54, 1.807) is 0 Å². The molecule has 1 amide bonds. The van der Waals surface area contributed by atoms with E-state index in [2.05, 4.69) is 5.32 Å². The zero-order valence-electron chi connectivity index (χ0n) is 15.9. The number of nitrogens with one attached hydrogen (secondary N) is 1. The number of carbonyl (C=O) groups excluding carboxylic acids is 1. The molecule has 2 rings (SSSR count). The number of carbonyl (C=O) groups is 1. The van der Waals surface area contributed by atoms with Gasteiger partial charge in [0.25, 0.3) is 0 Å². The predicted molar refractivity (Wildman–Crippen MR) is 93.0 cm³/mol. The Bertz CT molecular complexity index is 525. The van der Waals surface area contributed by atoms with Crippen LogP contribution < -0.4 is 11.1 Å². The Balaban J connectivity index is 2.18. The molecule has 29 heavy (non-hydrogen) atoms. The van der Waals surface area contributed by atoms with Crippen LogP contribution in [0.4, 0.5) is 0 Å². The van der Waals surface area contributed by atoms with E-state index in [1.807, 2.05) is 0 Å². The highest BCUT2D eigenvalue weighted by atomic mass is 16.7. The van der Waals surface area contributed by atoms with E-state index in [0.717, 1.165) is 0 Å². The molecule has 13 heteroatoms. The van der Waals surface area contributed by atoms with Gasteiger partial charge in [0.05, 0.1) is 19.8 Å². The summed E-state index contributed by atoms with van der Waals surface area (Å²) in [5.74, 6) is -0.541. The van der Waals surface area contributed by atoms with Gasteiger partial charge >= 0.3 is 0 Å². The molecule has 0 aromatic rings. The Morgan fingerprint density at radius 1 is 1.03 bits per heavy atom. The van der Waals surface area contributed by atoms with Crippen LogP contribution in [0.5, 0.6) is 0 Å². The van der Waals surface area contributed by atoms with Crippen molar-refractivity contribution < 1.29 is 54.4 Å². The average Bonchev–Trinajstić information content (AvgIpc) is 2.67. The molecule has 2 fully saturated rings. The Hall–Kier alpha value is -0.970. The zero-order valence-corrected chi connectivity index (χ0v) is 15.9. The molecular formula is C16H30N2O11. The van der Waals surface area contributed by atoms with Gasteiger partial charge in [-0.2, -0.15) is 0 Å². The predicted octanol–water partition coefficient (Wildman–Crippen LogP) is -5.27. The van der Waals surface area contributed by atoms with Crippen molar-refractivity contribution in [1.82, 2.24) is 5.32 Å². The first-order valence-corrected chi connectivity index (χ1v) is 9.23. The van der Waals surface area contributed by atoms with E-state index in [0.29, 0.717) is 0 Å². The third-order valence-corrected chi connectivity index (χ3v) is 4.75. The molecule has 10 atom stereocenters.